The van der Waals surface area contributed by atoms with E-state index in [0.717, 1.165) is 37.3 Å². The first-order valence-electron chi connectivity index (χ1n) is 10.1. The second-order valence-corrected chi connectivity index (χ2v) is 7.76. The van der Waals surface area contributed by atoms with Gasteiger partial charge in [0.1, 0.15) is 0 Å². The number of carbonyl (C=O) groups is 1. The van der Waals surface area contributed by atoms with E-state index in [9.17, 15) is 4.79 Å². The first-order chi connectivity index (χ1) is 14.1. The Morgan fingerprint density at radius 2 is 1.97 bits per heavy atom. The number of amides is 1. The predicted molar refractivity (Wildman–Crippen MR) is 110 cm³/mol. The minimum absolute atomic E-state index is 0.139. The molecule has 1 aromatic carbocycles. The van der Waals surface area contributed by atoms with Crippen LogP contribution in [0.1, 0.15) is 53.0 Å². The largest absolute Gasteiger partial charge is 0.342 e. The minimum Gasteiger partial charge on any atom is -0.342 e. The molecule has 1 amide bonds. The Bertz CT molecular complexity index is 984. The van der Waals surface area contributed by atoms with Crippen molar-refractivity contribution in [1.82, 2.24) is 20.0 Å². The maximum Gasteiger partial charge on any atom is 0.227 e. The number of benzene rings is 1. The van der Waals surface area contributed by atoms with Crippen LogP contribution in [0, 0.1) is 13.8 Å². The highest BCUT2D eigenvalue weighted by molar-refractivity contribution is 5.76. The van der Waals surface area contributed by atoms with E-state index in [-0.39, 0.29) is 5.91 Å². The van der Waals surface area contributed by atoms with E-state index < -0.39 is 0 Å². The lowest BCUT2D eigenvalue weighted by Gasteiger charge is -2.16. The Hall–Kier alpha value is -3.02. The zero-order valence-corrected chi connectivity index (χ0v) is 17.0. The number of likely N-dealkylation sites (tertiary alicyclic amines) is 1. The topological polar surface area (TPSA) is 72.1 Å². The monoisotopic (exact) mass is 390 g/mol. The summed E-state index contributed by atoms with van der Waals surface area (Å²) in [5, 5.41) is 3.77. The van der Waals surface area contributed by atoms with Crippen LogP contribution in [0.5, 0.6) is 0 Å². The molecule has 0 N–H and O–H groups in total. The smallest absolute Gasteiger partial charge is 0.227 e. The Kier molecular flexibility index (Phi) is 5.69. The highest BCUT2D eigenvalue weighted by atomic mass is 16.5. The Labute approximate surface area is 171 Å². The SMILES string of the molecule is Cc1cc(Cc2ccccc2)cc([C@@H]2CCN(C(=O)CCc3nc(C)no3)C2)n1. The second kappa shape index (κ2) is 8.55. The van der Waals surface area contributed by atoms with Gasteiger partial charge in [0.2, 0.25) is 11.8 Å². The van der Waals surface area contributed by atoms with Gasteiger partial charge in [0.15, 0.2) is 5.82 Å². The van der Waals surface area contributed by atoms with Gasteiger partial charge in [-0.25, -0.2) is 0 Å². The van der Waals surface area contributed by atoms with Gasteiger partial charge in [0, 0.05) is 43.2 Å². The molecule has 2 aromatic heterocycles. The van der Waals surface area contributed by atoms with Gasteiger partial charge >= 0.3 is 0 Å². The van der Waals surface area contributed by atoms with E-state index in [1.807, 2.05) is 17.9 Å². The van der Waals surface area contributed by atoms with Crippen molar-refractivity contribution in [3.63, 3.8) is 0 Å². The van der Waals surface area contributed by atoms with Gasteiger partial charge in [0.25, 0.3) is 0 Å². The van der Waals surface area contributed by atoms with E-state index in [2.05, 4.69) is 46.5 Å². The summed E-state index contributed by atoms with van der Waals surface area (Å²) in [5.74, 6) is 1.56. The van der Waals surface area contributed by atoms with Gasteiger partial charge < -0.3 is 9.42 Å². The third kappa shape index (κ3) is 4.88. The van der Waals surface area contributed by atoms with Crippen LogP contribution in [-0.4, -0.2) is 39.0 Å². The van der Waals surface area contributed by atoms with Gasteiger partial charge in [-0.1, -0.05) is 35.5 Å². The number of pyridine rings is 1. The van der Waals surface area contributed by atoms with Crippen LogP contribution in [0.4, 0.5) is 0 Å². The number of nitrogens with zero attached hydrogens (tertiary/aromatic N) is 4. The summed E-state index contributed by atoms with van der Waals surface area (Å²) in [6.07, 6.45) is 2.74. The average molecular weight is 390 g/mol. The van der Waals surface area contributed by atoms with Gasteiger partial charge in [0.05, 0.1) is 0 Å². The van der Waals surface area contributed by atoms with Gasteiger partial charge in [-0.2, -0.15) is 4.98 Å². The molecule has 0 bridgehead atoms. The van der Waals surface area contributed by atoms with Crippen molar-refractivity contribution >= 4 is 5.91 Å². The Balaban J connectivity index is 1.38. The van der Waals surface area contributed by atoms with E-state index in [4.69, 9.17) is 9.51 Å². The molecule has 29 heavy (non-hydrogen) atoms. The molecular formula is C23H26N4O2. The molecular weight excluding hydrogens is 364 g/mol. The standard InChI is InChI=1S/C23H26N4O2/c1-16-12-19(13-18-6-4-3-5-7-18)14-21(24-16)20-10-11-27(15-20)23(28)9-8-22-25-17(2)26-29-22/h3-7,12,14,20H,8-11,13,15H2,1-2H3/t20-/m1/s1. The number of hydrogen-bond donors (Lipinski definition) is 0. The normalized spacial score (nSPS) is 16.3. The molecule has 150 valence electrons. The molecule has 1 fully saturated rings. The summed E-state index contributed by atoms with van der Waals surface area (Å²) >= 11 is 0. The van der Waals surface area contributed by atoms with Crippen molar-refractivity contribution in [2.75, 3.05) is 13.1 Å². The molecule has 4 rings (SSSR count). The highest BCUT2D eigenvalue weighted by Crippen LogP contribution is 2.28. The van der Waals surface area contributed by atoms with Crippen LogP contribution in [0.3, 0.4) is 0 Å². The fraction of sp³-hybridized carbons (Fsp3) is 0.391. The summed E-state index contributed by atoms with van der Waals surface area (Å²) < 4.78 is 5.10. The number of hydrogen-bond acceptors (Lipinski definition) is 5. The van der Waals surface area contributed by atoms with E-state index in [0.29, 0.717) is 30.5 Å². The summed E-state index contributed by atoms with van der Waals surface area (Å²) in [4.78, 5) is 23.5. The minimum atomic E-state index is 0.139. The van der Waals surface area contributed by atoms with Crippen molar-refractivity contribution in [2.45, 2.75) is 45.4 Å². The maximum atomic E-state index is 12.6. The van der Waals surface area contributed by atoms with Gasteiger partial charge in [-0.05, 0) is 49.9 Å². The van der Waals surface area contributed by atoms with Crippen LogP contribution in [0.25, 0.3) is 0 Å². The lowest BCUT2D eigenvalue weighted by atomic mass is 9.98. The number of carbonyl (C=O) groups excluding carboxylic acids is 1. The molecule has 1 atom stereocenters. The third-order valence-corrected chi connectivity index (χ3v) is 5.37. The molecule has 0 radical (unpaired) electrons. The molecule has 0 unspecified atom stereocenters. The van der Waals surface area contributed by atoms with E-state index in [1.54, 1.807) is 6.92 Å². The van der Waals surface area contributed by atoms with Crippen LogP contribution >= 0.6 is 0 Å². The van der Waals surface area contributed by atoms with Crippen molar-refractivity contribution in [3.05, 3.63) is 76.7 Å². The fourth-order valence-electron chi connectivity index (χ4n) is 3.95. The van der Waals surface area contributed by atoms with Crippen molar-refractivity contribution < 1.29 is 9.32 Å². The third-order valence-electron chi connectivity index (χ3n) is 5.37. The zero-order valence-electron chi connectivity index (χ0n) is 17.0. The van der Waals surface area contributed by atoms with Crippen LogP contribution in [-0.2, 0) is 17.6 Å². The number of aryl methyl sites for hydroxylation is 3. The van der Waals surface area contributed by atoms with Crippen molar-refractivity contribution in [1.29, 1.82) is 0 Å². The molecule has 6 nitrogen and oxygen atoms in total. The molecule has 0 saturated carbocycles. The van der Waals surface area contributed by atoms with Crippen LogP contribution < -0.4 is 0 Å². The molecule has 3 aromatic rings. The Morgan fingerprint density at radius 1 is 1.14 bits per heavy atom. The first-order valence-corrected chi connectivity index (χ1v) is 10.1. The molecule has 1 aliphatic rings. The number of rotatable bonds is 6. The van der Waals surface area contributed by atoms with Gasteiger partial charge in [-0.15, -0.1) is 0 Å². The van der Waals surface area contributed by atoms with Gasteiger partial charge in [-0.3, -0.25) is 9.78 Å². The molecule has 1 saturated heterocycles. The Morgan fingerprint density at radius 3 is 2.72 bits per heavy atom. The molecule has 6 heteroatoms. The quantitative estimate of drug-likeness (QED) is 0.643. The van der Waals surface area contributed by atoms with Crippen LogP contribution in [0.2, 0.25) is 0 Å². The highest BCUT2D eigenvalue weighted by Gasteiger charge is 2.28. The zero-order chi connectivity index (χ0) is 20.2. The van der Waals surface area contributed by atoms with Crippen LogP contribution in [0.15, 0.2) is 47.0 Å². The molecule has 0 aliphatic carbocycles. The van der Waals surface area contributed by atoms with E-state index >= 15 is 0 Å². The lowest BCUT2D eigenvalue weighted by molar-refractivity contribution is -0.130. The molecule has 0 spiro atoms. The summed E-state index contributed by atoms with van der Waals surface area (Å²) in [5.41, 5.74) is 4.70. The first kappa shape index (κ1) is 19.3. The summed E-state index contributed by atoms with van der Waals surface area (Å²) in [6, 6.07) is 14.8. The van der Waals surface area contributed by atoms with E-state index in [1.165, 1.54) is 11.1 Å². The fourth-order valence-corrected chi connectivity index (χ4v) is 3.95. The lowest BCUT2D eigenvalue weighted by Crippen LogP contribution is -2.28. The van der Waals surface area contributed by atoms with Crippen molar-refractivity contribution in [3.8, 4) is 0 Å². The predicted octanol–water partition coefficient (Wildman–Crippen LogP) is 3.62. The molecule has 1 aliphatic heterocycles. The summed E-state index contributed by atoms with van der Waals surface area (Å²) in [6.45, 7) is 5.32. The van der Waals surface area contributed by atoms with Crippen molar-refractivity contribution in [2.24, 2.45) is 0 Å². The number of aromatic nitrogens is 3. The second-order valence-electron chi connectivity index (χ2n) is 7.76. The average Bonchev–Trinajstić information content (AvgIpc) is 3.36. The maximum absolute atomic E-state index is 12.6. The summed E-state index contributed by atoms with van der Waals surface area (Å²) in [7, 11) is 0. The molecule has 3 heterocycles.